The molecule has 0 radical (unpaired) electrons. The normalized spacial score (nSPS) is 12.6. The van der Waals surface area contributed by atoms with Gasteiger partial charge in [-0.3, -0.25) is 14.5 Å². The fourth-order valence-corrected chi connectivity index (χ4v) is 2.98. The smallest absolute Gasteiger partial charge is 0.322 e. The summed E-state index contributed by atoms with van der Waals surface area (Å²) in [5, 5.41) is 8.32. The van der Waals surface area contributed by atoms with Gasteiger partial charge in [-0.1, -0.05) is 12.1 Å². The third kappa shape index (κ3) is 5.47. The van der Waals surface area contributed by atoms with E-state index >= 15 is 0 Å². The first-order valence-electron chi connectivity index (χ1n) is 9.54. The molecule has 29 heavy (non-hydrogen) atoms. The van der Waals surface area contributed by atoms with Crippen molar-refractivity contribution < 1.29 is 19.1 Å². The van der Waals surface area contributed by atoms with Crippen LogP contribution in [0.15, 0.2) is 48.5 Å². The van der Waals surface area contributed by atoms with Crippen LogP contribution in [-0.2, 0) is 9.59 Å². The molecule has 8 nitrogen and oxygen atoms in total. The first-order chi connectivity index (χ1) is 14.1. The predicted octanol–water partition coefficient (Wildman–Crippen LogP) is 2.97. The lowest BCUT2D eigenvalue weighted by Crippen LogP contribution is -2.47. The Bertz CT molecular complexity index is 883. The van der Waals surface area contributed by atoms with Crippen LogP contribution in [0, 0.1) is 0 Å². The first kappa shape index (κ1) is 20.2. The molecule has 1 aliphatic heterocycles. The zero-order valence-corrected chi connectivity index (χ0v) is 16.2. The van der Waals surface area contributed by atoms with E-state index in [4.69, 9.17) is 4.74 Å². The molecule has 0 aromatic heterocycles. The largest absolute Gasteiger partial charge is 0.494 e. The Labute approximate surface area is 169 Å². The zero-order valence-electron chi connectivity index (χ0n) is 16.2. The number of carbonyl (C=O) groups excluding carboxylic acids is 3. The van der Waals surface area contributed by atoms with Gasteiger partial charge >= 0.3 is 6.03 Å². The Morgan fingerprint density at radius 3 is 2.66 bits per heavy atom. The average Bonchev–Trinajstić information content (AvgIpc) is 2.72. The van der Waals surface area contributed by atoms with Crippen molar-refractivity contribution in [2.45, 2.75) is 19.8 Å². The maximum atomic E-state index is 12.4. The SMILES string of the molecule is CCOc1ccc(NC(=O)CCCNC(=O)N2CC(=O)Nc3ccccc32)cc1. The minimum Gasteiger partial charge on any atom is -0.494 e. The second kappa shape index (κ2) is 9.59. The van der Waals surface area contributed by atoms with Gasteiger partial charge in [-0.15, -0.1) is 0 Å². The predicted molar refractivity (Wildman–Crippen MR) is 111 cm³/mol. The molecule has 152 valence electrons. The van der Waals surface area contributed by atoms with E-state index in [0.717, 1.165) is 5.75 Å². The highest BCUT2D eigenvalue weighted by atomic mass is 16.5. The van der Waals surface area contributed by atoms with Gasteiger partial charge < -0.3 is 20.7 Å². The van der Waals surface area contributed by atoms with E-state index in [1.807, 2.05) is 13.0 Å². The molecule has 3 rings (SSSR count). The van der Waals surface area contributed by atoms with Crippen molar-refractivity contribution in [1.29, 1.82) is 0 Å². The monoisotopic (exact) mass is 396 g/mol. The van der Waals surface area contributed by atoms with E-state index in [9.17, 15) is 14.4 Å². The molecule has 0 bridgehead atoms. The van der Waals surface area contributed by atoms with Gasteiger partial charge in [0.05, 0.1) is 18.0 Å². The van der Waals surface area contributed by atoms with Crippen LogP contribution in [-0.4, -0.2) is 37.5 Å². The number of urea groups is 1. The topological polar surface area (TPSA) is 99.8 Å². The molecule has 0 saturated carbocycles. The number of carbonyl (C=O) groups is 3. The summed E-state index contributed by atoms with van der Waals surface area (Å²) < 4.78 is 5.36. The summed E-state index contributed by atoms with van der Waals surface area (Å²) in [6, 6.07) is 13.9. The summed E-state index contributed by atoms with van der Waals surface area (Å²) in [6.45, 7) is 2.79. The molecule has 2 aromatic carbocycles. The van der Waals surface area contributed by atoms with E-state index in [-0.39, 0.29) is 30.8 Å². The highest BCUT2D eigenvalue weighted by Gasteiger charge is 2.26. The quantitative estimate of drug-likeness (QED) is 0.627. The third-order valence-corrected chi connectivity index (χ3v) is 4.32. The van der Waals surface area contributed by atoms with Gasteiger partial charge in [0.1, 0.15) is 12.3 Å². The maximum Gasteiger partial charge on any atom is 0.322 e. The van der Waals surface area contributed by atoms with Crippen molar-refractivity contribution in [3.05, 3.63) is 48.5 Å². The fourth-order valence-electron chi connectivity index (χ4n) is 2.98. The van der Waals surface area contributed by atoms with Crippen LogP contribution in [0.1, 0.15) is 19.8 Å². The van der Waals surface area contributed by atoms with Crippen LogP contribution < -0.4 is 25.6 Å². The number of fused-ring (bicyclic) bond motifs is 1. The van der Waals surface area contributed by atoms with Crippen molar-refractivity contribution in [2.24, 2.45) is 0 Å². The lowest BCUT2D eigenvalue weighted by Gasteiger charge is -2.29. The van der Waals surface area contributed by atoms with Crippen molar-refractivity contribution in [1.82, 2.24) is 5.32 Å². The third-order valence-electron chi connectivity index (χ3n) is 4.32. The van der Waals surface area contributed by atoms with Crippen LogP contribution in [0.4, 0.5) is 21.9 Å². The van der Waals surface area contributed by atoms with Crippen LogP contribution in [0.5, 0.6) is 5.75 Å². The minimum atomic E-state index is -0.362. The summed E-state index contributed by atoms with van der Waals surface area (Å²) in [5.74, 6) is 0.376. The number of nitrogens with one attached hydrogen (secondary N) is 3. The van der Waals surface area contributed by atoms with E-state index in [1.54, 1.807) is 42.5 Å². The number of nitrogens with zero attached hydrogens (tertiary/aromatic N) is 1. The molecule has 3 N–H and O–H groups in total. The number of benzene rings is 2. The van der Waals surface area contributed by atoms with Gasteiger partial charge in [0.2, 0.25) is 11.8 Å². The molecule has 1 heterocycles. The molecule has 0 unspecified atom stereocenters. The zero-order chi connectivity index (χ0) is 20.6. The summed E-state index contributed by atoms with van der Waals surface area (Å²) in [7, 11) is 0. The van der Waals surface area contributed by atoms with Crippen LogP contribution in [0.3, 0.4) is 0 Å². The van der Waals surface area contributed by atoms with Crippen molar-refractivity contribution in [3.63, 3.8) is 0 Å². The van der Waals surface area contributed by atoms with Gasteiger partial charge in [-0.25, -0.2) is 4.79 Å². The van der Waals surface area contributed by atoms with Gasteiger partial charge in [-0.05, 0) is 49.7 Å². The van der Waals surface area contributed by atoms with E-state index in [2.05, 4.69) is 16.0 Å². The molecule has 0 spiro atoms. The molecule has 0 atom stereocenters. The summed E-state index contributed by atoms with van der Waals surface area (Å²) in [5.41, 5.74) is 1.95. The van der Waals surface area contributed by atoms with Crippen LogP contribution in [0.25, 0.3) is 0 Å². The Morgan fingerprint density at radius 1 is 1.14 bits per heavy atom. The standard InChI is InChI=1S/C21H24N4O4/c1-2-29-16-11-9-15(10-12-16)23-19(26)8-5-13-22-21(28)25-14-20(27)24-17-6-3-4-7-18(17)25/h3-4,6-7,9-12H,2,5,8,13-14H2,1H3,(H,22,28)(H,23,26)(H,24,27). The van der Waals surface area contributed by atoms with Crippen LogP contribution >= 0.6 is 0 Å². The Hall–Kier alpha value is -3.55. The molecule has 1 aliphatic rings. The molecule has 0 aliphatic carbocycles. The number of amides is 4. The molecule has 2 aromatic rings. The molecular weight excluding hydrogens is 372 g/mol. The van der Waals surface area contributed by atoms with Gasteiger partial charge in [0, 0.05) is 18.7 Å². The van der Waals surface area contributed by atoms with E-state index < -0.39 is 0 Å². The molecular formula is C21H24N4O4. The van der Waals surface area contributed by atoms with Crippen LogP contribution in [0.2, 0.25) is 0 Å². The number of para-hydroxylation sites is 2. The fraction of sp³-hybridized carbons (Fsp3) is 0.286. The maximum absolute atomic E-state index is 12.4. The Kier molecular flexibility index (Phi) is 6.67. The second-order valence-corrected chi connectivity index (χ2v) is 6.49. The summed E-state index contributed by atoms with van der Waals surface area (Å²) >= 11 is 0. The highest BCUT2D eigenvalue weighted by molar-refractivity contribution is 6.09. The van der Waals surface area contributed by atoms with Crippen molar-refractivity contribution >= 4 is 34.9 Å². The first-order valence-corrected chi connectivity index (χ1v) is 9.54. The molecule has 8 heteroatoms. The van der Waals surface area contributed by atoms with Crippen molar-refractivity contribution in [2.75, 3.05) is 35.2 Å². The number of anilines is 3. The Morgan fingerprint density at radius 2 is 1.90 bits per heavy atom. The average molecular weight is 396 g/mol. The number of rotatable bonds is 7. The number of ether oxygens (including phenoxy) is 1. The second-order valence-electron chi connectivity index (χ2n) is 6.49. The molecule has 0 saturated heterocycles. The molecule has 4 amide bonds. The number of hydrogen-bond acceptors (Lipinski definition) is 4. The minimum absolute atomic E-state index is 0.0406. The van der Waals surface area contributed by atoms with Gasteiger partial charge in [-0.2, -0.15) is 0 Å². The summed E-state index contributed by atoms with van der Waals surface area (Å²) in [4.78, 5) is 37.7. The van der Waals surface area contributed by atoms with E-state index in [1.165, 1.54) is 4.90 Å². The lowest BCUT2D eigenvalue weighted by molar-refractivity contribution is -0.116. The summed E-state index contributed by atoms with van der Waals surface area (Å²) in [6.07, 6.45) is 0.751. The van der Waals surface area contributed by atoms with Gasteiger partial charge in [0.15, 0.2) is 0 Å². The van der Waals surface area contributed by atoms with Crippen molar-refractivity contribution in [3.8, 4) is 5.75 Å². The molecule has 0 fully saturated rings. The van der Waals surface area contributed by atoms with E-state index in [0.29, 0.717) is 36.6 Å². The number of hydrogen-bond donors (Lipinski definition) is 3. The lowest BCUT2D eigenvalue weighted by atomic mass is 10.2. The van der Waals surface area contributed by atoms with Gasteiger partial charge in [0.25, 0.3) is 0 Å². The Balaban J connectivity index is 1.42. The highest BCUT2D eigenvalue weighted by Crippen LogP contribution is 2.28.